The topological polar surface area (TPSA) is 71.2 Å². The number of aliphatic hydroxyl groups is 1. The summed E-state index contributed by atoms with van der Waals surface area (Å²) in [7, 11) is 0. The number of carbonyl (C=O) groups excluding carboxylic acids is 1. The van der Waals surface area contributed by atoms with Gasteiger partial charge in [-0.05, 0) is 31.4 Å². The number of para-hydroxylation sites is 1. The van der Waals surface area contributed by atoms with E-state index in [2.05, 4.69) is 10.2 Å². The first kappa shape index (κ1) is 13.4. The van der Waals surface area contributed by atoms with E-state index in [1.165, 1.54) is 24.5 Å². The van der Waals surface area contributed by atoms with Crippen molar-refractivity contribution in [1.29, 1.82) is 0 Å². The second-order valence-corrected chi connectivity index (χ2v) is 5.77. The van der Waals surface area contributed by atoms with Gasteiger partial charge in [-0.2, -0.15) is 10.2 Å². The van der Waals surface area contributed by atoms with Gasteiger partial charge in [-0.15, -0.1) is 4.80 Å². The molecule has 7 heteroatoms. The Bertz CT molecular complexity index is 718. The molecule has 0 aliphatic carbocycles. The molecule has 2 aliphatic rings. The standard InChI is InChI=1S/C15H15FN4O2/c16-11-3-1-2-10(14(11)20-17-6-7-18-20)15(22)19-9-4-5-12(19)13(21)8-9/h1-3,6-7,9,12-13,21H,4-5,8H2/t9?,12-,13?/m0/s1. The van der Waals surface area contributed by atoms with Gasteiger partial charge >= 0.3 is 0 Å². The van der Waals surface area contributed by atoms with Crippen LogP contribution in [0.25, 0.3) is 5.69 Å². The lowest BCUT2D eigenvalue weighted by Crippen LogP contribution is -2.38. The SMILES string of the molecule is O=C(c1cccc(F)c1-n1nccn1)N1C2CC[C@H]1C(O)C2. The summed E-state index contributed by atoms with van der Waals surface area (Å²) < 4.78 is 14.2. The number of amides is 1. The van der Waals surface area contributed by atoms with Gasteiger partial charge < -0.3 is 10.0 Å². The van der Waals surface area contributed by atoms with E-state index >= 15 is 0 Å². The normalized spacial score (nSPS) is 26.6. The molecule has 0 radical (unpaired) electrons. The van der Waals surface area contributed by atoms with Crippen LogP contribution in [0.5, 0.6) is 0 Å². The third-order valence-electron chi connectivity index (χ3n) is 4.57. The number of fused-ring (bicyclic) bond motifs is 2. The van der Waals surface area contributed by atoms with Gasteiger partial charge in [0.2, 0.25) is 0 Å². The van der Waals surface area contributed by atoms with Crippen molar-refractivity contribution in [2.45, 2.75) is 37.5 Å². The van der Waals surface area contributed by atoms with Gasteiger partial charge in [-0.25, -0.2) is 4.39 Å². The molecule has 2 unspecified atom stereocenters. The molecule has 114 valence electrons. The third-order valence-corrected chi connectivity index (χ3v) is 4.57. The van der Waals surface area contributed by atoms with Crippen molar-refractivity contribution in [2.75, 3.05) is 0 Å². The van der Waals surface area contributed by atoms with Crippen LogP contribution in [0.2, 0.25) is 0 Å². The van der Waals surface area contributed by atoms with Crippen LogP contribution < -0.4 is 0 Å². The van der Waals surface area contributed by atoms with Crippen LogP contribution in [0, 0.1) is 5.82 Å². The number of rotatable bonds is 2. The monoisotopic (exact) mass is 302 g/mol. The van der Waals surface area contributed by atoms with E-state index in [0.717, 1.165) is 17.6 Å². The molecule has 1 aromatic carbocycles. The molecule has 3 heterocycles. The van der Waals surface area contributed by atoms with E-state index in [4.69, 9.17) is 0 Å². The average molecular weight is 302 g/mol. The fourth-order valence-electron chi connectivity index (χ4n) is 3.64. The molecular formula is C15H15FN4O2. The fraction of sp³-hybridized carbons (Fsp3) is 0.400. The molecule has 2 aliphatic heterocycles. The van der Waals surface area contributed by atoms with Crippen LogP contribution in [0.3, 0.4) is 0 Å². The van der Waals surface area contributed by atoms with Gasteiger partial charge in [0.15, 0.2) is 5.82 Å². The van der Waals surface area contributed by atoms with Crippen molar-refractivity contribution in [2.24, 2.45) is 0 Å². The van der Waals surface area contributed by atoms with Crippen molar-refractivity contribution in [3.05, 3.63) is 42.0 Å². The van der Waals surface area contributed by atoms with Crippen LogP contribution >= 0.6 is 0 Å². The van der Waals surface area contributed by atoms with Crippen molar-refractivity contribution < 1.29 is 14.3 Å². The molecule has 2 fully saturated rings. The molecule has 6 nitrogen and oxygen atoms in total. The zero-order valence-electron chi connectivity index (χ0n) is 11.8. The number of nitrogens with zero attached hydrogens (tertiary/aromatic N) is 4. The summed E-state index contributed by atoms with van der Waals surface area (Å²) in [5, 5.41) is 17.9. The number of hydrogen-bond donors (Lipinski definition) is 1. The Morgan fingerprint density at radius 1 is 1.27 bits per heavy atom. The molecule has 0 spiro atoms. The number of hydrogen-bond acceptors (Lipinski definition) is 4. The van der Waals surface area contributed by atoms with Crippen LogP contribution in [-0.4, -0.2) is 49.1 Å². The first-order valence-electron chi connectivity index (χ1n) is 7.32. The van der Waals surface area contributed by atoms with Crippen molar-refractivity contribution in [3.63, 3.8) is 0 Å². The van der Waals surface area contributed by atoms with E-state index in [0.29, 0.717) is 6.42 Å². The fourth-order valence-corrected chi connectivity index (χ4v) is 3.64. The molecule has 3 atom stereocenters. The van der Waals surface area contributed by atoms with Crippen molar-refractivity contribution in [1.82, 2.24) is 19.9 Å². The minimum absolute atomic E-state index is 0.0363. The van der Waals surface area contributed by atoms with Crippen molar-refractivity contribution in [3.8, 4) is 5.69 Å². The van der Waals surface area contributed by atoms with Crippen LogP contribution in [0.15, 0.2) is 30.6 Å². The molecule has 4 rings (SSSR count). The van der Waals surface area contributed by atoms with Crippen LogP contribution in [0.4, 0.5) is 4.39 Å². The maximum Gasteiger partial charge on any atom is 0.256 e. The maximum absolute atomic E-state index is 14.2. The summed E-state index contributed by atoms with van der Waals surface area (Å²) in [6.45, 7) is 0. The summed E-state index contributed by atoms with van der Waals surface area (Å²) >= 11 is 0. The van der Waals surface area contributed by atoms with E-state index < -0.39 is 11.9 Å². The predicted octanol–water partition coefficient (Wildman–Crippen LogP) is 1.14. The quantitative estimate of drug-likeness (QED) is 0.903. The first-order valence-corrected chi connectivity index (χ1v) is 7.32. The smallest absolute Gasteiger partial charge is 0.256 e. The predicted molar refractivity (Wildman–Crippen MR) is 74.9 cm³/mol. The highest BCUT2D eigenvalue weighted by Gasteiger charge is 2.48. The Kier molecular flexibility index (Phi) is 2.97. The number of halogens is 1. The van der Waals surface area contributed by atoms with Gasteiger partial charge in [0.05, 0.1) is 30.1 Å². The number of aliphatic hydroxyl groups excluding tert-OH is 1. The number of aromatic nitrogens is 3. The Balaban J connectivity index is 1.78. The maximum atomic E-state index is 14.2. The Labute approximate surface area is 126 Å². The van der Waals surface area contributed by atoms with Crippen LogP contribution in [0.1, 0.15) is 29.6 Å². The summed E-state index contributed by atoms with van der Waals surface area (Å²) in [4.78, 5) is 15.7. The molecule has 2 aromatic rings. The summed E-state index contributed by atoms with van der Waals surface area (Å²) in [6, 6.07) is 4.23. The zero-order valence-corrected chi connectivity index (χ0v) is 11.8. The highest BCUT2D eigenvalue weighted by Crippen LogP contribution is 2.39. The highest BCUT2D eigenvalue weighted by molar-refractivity contribution is 5.98. The van der Waals surface area contributed by atoms with Crippen LogP contribution in [-0.2, 0) is 0 Å². The van der Waals surface area contributed by atoms with Gasteiger partial charge in [-0.1, -0.05) is 6.07 Å². The van der Waals surface area contributed by atoms with Gasteiger partial charge in [0.25, 0.3) is 5.91 Å². The lowest BCUT2D eigenvalue weighted by molar-refractivity contribution is 0.0664. The van der Waals surface area contributed by atoms with Gasteiger partial charge in [0, 0.05) is 6.04 Å². The lowest BCUT2D eigenvalue weighted by Gasteiger charge is -2.23. The largest absolute Gasteiger partial charge is 0.391 e. The minimum Gasteiger partial charge on any atom is -0.391 e. The van der Waals surface area contributed by atoms with Gasteiger partial charge in [-0.3, -0.25) is 4.79 Å². The third kappa shape index (κ3) is 1.85. The average Bonchev–Trinajstić information content (AvgIpc) is 3.21. The van der Waals surface area contributed by atoms with Crippen molar-refractivity contribution >= 4 is 5.91 Å². The Morgan fingerprint density at radius 3 is 2.68 bits per heavy atom. The van der Waals surface area contributed by atoms with E-state index in [1.54, 1.807) is 11.0 Å². The molecule has 22 heavy (non-hydrogen) atoms. The highest BCUT2D eigenvalue weighted by atomic mass is 19.1. The molecular weight excluding hydrogens is 287 g/mol. The lowest BCUT2D eigenvalue weighted by atomic mass is 9.98. The molecule has 0 saturated carbocycles. The Morgan fingerprint density at radius 2 is 2.05 bits per heavy atom. The molecule has 2 bridgehead atoms. The van der Waals surface area contributed by atoms with E-state index in [-0.39, 0.29) is 29.2 Å². The number of carbonyl (C=O) groups is 1. The first-order chi connectivity index (χ1) is 10.7. The minimum atomic E-state index is -0.547. The summed E-state index contributed by atoms with van der Waals surface area (Å²) in [6.07, 6.45) is 4.66. The summed E-state index contributed by atoms with van der Waals surface area (Å²) in [5.41, 5.74) is 0.278. The zero-order chi connectivity index (χ0) is 15.3. The van der Waals surface area contributed by atoms with Gasteiger partial charge in [0.1, 0.15) is 5.69 Å². The molecule has 1 N–H and O–H groups in total. The summed E-state index contributed by atoms with van der Waals surface area (Å²) in [5.74, 6) is -0.815. The Hall–Kier alpha value is -2.28. The molecule has 1 amide bonds. The molecule has 1 aromatic heterocycles. The molecule has 2 saturated heterocycles. The second kappa shape index (κ2) is 4.88. The van der Waals surface area contributed by atoms with E-state index in [9.17, 15) is 14.3 Å². The number of benzene rings is 1. The van der Waals surface area contributed by atoms with E-state index in [1.807, 2.05) is 0 Å². The second-order valence-electron chi connectivity index (χ2n) is 5.77.